The van der Waals surface area contributed by atoms with Gasteiger partial charge in [0.15, 0.2) is 11.5 Å². The first-order chi connectivity index (χ1) is 12.9. The summed E-state index contributed by atoms with van der Waals surface area (Å²) in [7, 11) is 0. The van der Waals surface area contributed by atoms with E-state index >= 15 is 0 Å². The molecule has 0 saturated carbocycles. The highest BCUT2D eigenvalue weighted by atomic mass is 16.7. The van der Waals surface area contributed by atoms with E-state index in [0.29, 0.717) is 17.2 Å². The molecule has 0 fully saturated rings. The van der Waals surface area contributed by atoms with E-state index in [0.717, 1.165) is 17.0 Å². The average Bonchev–Trinajstić information content (AvgIpc) is 3.20. The number of ether oxygens (including phenoxy) is 2. The zero-order valence-corrected chi connectivity index (χ0v) is 13.6. The van der Waals surface area contributed by atoms with Crippen LogP contribution in [0.1, 0.15) is 20.7 Å². The lowest BCUT2D eigenvalue weighted by Crippen LogP contribution is -2.37. The number of imide groups is 1. The third-order valence-electron chi connectivity index (χ3n) is 4.12. The minimum Gasteiger partial charge on any atom is -0.454 e. The SMILES string of the molecule is O=C(CN1C(=O)c2ccc([N+](=O)[O-])cc2C1=O)Nc1ccc2c(c1)OCO2. The fourth-order valence-corrected chi connectivity index (χ4v) is 2.85. The summed E-state index contributed by atoms with van der Waals surface area (Å²) in [5, 5.41) is 13.4. The number of nitro groups is 1. The van der Waals surface area contributed by atoms with Gasteiger partial charge in [-0.1, -0.05) is 0 Å². The van der Waals surface area contributed by atoms with Crippen LogP contribution in [0.25, 0.3) is 0 Å². The number of amides is 3. The van der Waals surface area contributed by atoms with Gasteiger partial charge in [0.1, 0.15) is 6.54 Å². The first-order valence-corrected chi connectivity index (χ1v) is 7.78. The molecule has 136 valence electrons. The number of nitrogens with zero attached hydrogens (tertiary/aromatic N) is 2. The summed E-state index contributed by atoms with van der Waals surface area (Å²) in [5.41, 5.74) is 0.0459. The van der Waals surface area contributed by atoms with Gasteiger partial charge in [-0.3, -0.25) is 29.4 Å². The van der Waals surface area contributed by atoms with E-state index < -0.39 is 29.2 Å². The van der Waals surface area contributed by atoms with Crippen LogP contribution in [-0.2, 0) is 4.79 Å². The van der Waals surface area contributed by atoms with Crippen molar-refractivity contribution in [2.24, 2.45) is 0 Å². The Kier molecular flexibility index (Phi) is 3.73. The lowest BCUT2D eigenvalue weighted by molar-refractivity contribution is -0.384. The molecule has 0 spiro atoms. The van der Waals surface area contributed by atoms with E-state index in [4.69, 9.17) is 9.47 Å². The summed E-state index contributed by atoms with van der Waals surface area (Å²) in [4.78, 5) is 47.9. The van der Waals surface area contributed by atoms with Crippen molar-refractivity contribution in [2.45, 2.75) is 0 Å². The van der Waals surface area contributed by atoms with Gasteiger partial charge >= 0.3 is 0 Å². The topological polar surface area (TPSA) is 128 Å². The maximum Gasteiger partial charge on any atom is 0.270 e. The van der Waals surface area contributed by atoms with E-state index in [1.165, 1.54) is 6.07 Å². The number of hydrogen-bond acceptors (Lipinski definition) is 7. The second kappa shape index (κ2) is 6.09. The molecule has 2 heterocycles. The zero-order chi connectivity index (χ0) is 19.1. The van der Waals surface area contributed by atoms with Gasteiger partial charge in [0.25, 0.3) is 17.5 Å². The number of nitrogens with one attached hydrogen (secondary N) is 1. The molecule has 0 radical (unpaired) electrons. The average molecular weight is 369 g/mol. The summed E-state index contributed by atoms with van der Waals surface area (Å²) >= 11 is 0. The molecule has 0 saturated heterocycles. The van der Waals surface area contributed by atoms with Crippen LogP contribution in [0.5, 0.6) is 11.5 Å². The summed E-state index contributed by atoms with van der Waals surface area (Å²) in [5.74, 6) is -1.00. The van der Waals surface area contributed by atoms with Gasteiger partial charge in [-0.05, 0) is 18.2 Å². The Balaban J connectivity index is 1.49. The van der Waals surface area contributed by atoms with E-state index in [1.807, 2.05) is 0 Å². The number of benzene rings is 2. The van der Waals surface area contributed by atoms with Gasteiger partial charge in [0, 0.05) is 23.9 Å². The third-order valence-corrected chi connectivity index (χ3v) is 4.12. The van der Waals surface area contributed by atoms with Gasteiger partial charge < -0.3 is 14.8 Å². The highest BCUT2D eigenvalue weighted by Crippen LogP contribution is 2.34. The Bertz CT molecular complexity index is 1020. The van der Waals surface area contributed by atoms with Crippen molar-refractivity contribution < 1.29 is 28.8 Å². The number of anilines is 1. The zero-order valence-electron chi connectivity index (χ0n) is 13.6. The number of hydrogen-bond donors (Lipinski definition) is 1. The number of rotatable bonds is 4. The summed E-state index contributed by atoms with van der Waals surface area (Å²) < 4.78 is 10.4. The minimum absolute atomic E-state index is 0.0291. The molecule has 27 heavy (non-hydrogen) atoms. The van der Waals surface area contributed by atoms with Crippen LogP contribution in [0.2, 0.25) is 0 Å². The molecule has 2 aliphatic heterocycles. The highest BCUT2D eigenvalue weighted by molar-refractivity contribution is 6.23. The van der Waals surface area contributed by atoms with Crippen LogP contribution in [0.3, 0.4) is 0 Å². The van der Waals surface area contributed by atoms with E-state index in [2.05, 4.69) is 5.32 Å². The molecule has 4 rings (SSSR count). The van der Waals surface area contributed by atoms with Crippen molar-refractivity contribution in [1.82, 2.24) is 4.90 Å². The Labute approximate surface area is 151 Å². The normalized spacial score (nSPS) is 14.3. The van der Waals surface area contributed by atoms with Crippen LogP contribution in [0.15, 0.2) is 36.4 Å². The molecule has 2 aromatic carbocycles. The van der Waals surface area contributed by atoms with Crippen LogP contribution < -0.4 is 14.8 Å². The fourth-order valence-electron chi connectivity index (χ4n) is 2.85. The van der Waals surface area contributed by atoms with Crippen molar-refractivity contribution in [1.29, 1.82) is 0 Å². The lowest BCUT2D eigenvalue weighted by Gasteiger charge is -2.13. The van der Waals surface area contributed by atoms with Gasteiger partial charge in [0.2, 0.25) is 12.7 Å². The molecule has 0 atom stereocenters. The van der Waals surface area contributed by atoms with Crippen LogP contribution in [0.4, 0.5) is 11.4 Å². The number of carbonyl (C=O) groups excluding carboxylic acids is 3. The van der Waals surface area contributed by atoms with E-state index in [1.54, 1.807) is 18.2 Å². The Hall–Kier alpha value is -3.95. The predicted molar refractivity (Wildman–Crippen MR) is 89.7 cm³/mol. The molecule has 1 N–H and O–H groups in total. The van der Waals surface area contributed by atoms with E-state index in [-0.39, 0.29) is 23.6 Å². The van der Waals surface area contributed by atoms with Gasteiger partial charge in [0.05, 0.1) is 16.1 Å². The molecular weight excluding hydrogens is 358 g/mol. The molecule has 0 aliphatic carbocycles. The van der Waals surface area contributed by atoms with Crippen molar-refractivity contribution in [3.63, 3.8) is 0 Å². The molecule has 2 aromatic rings. The maximum absolute atomic E-state index is 12.4. The second-order valence-electron chi connectivity index (χ2n) is 5.80. The van der Waals surface area contributed by atoms with Crippen molar-refractivity contribution in [3.8, 4) is 11.5 Å². The molecule has 3 amide bonds. The predicted octanol–water partition coefficient (Wildman–Crippen LogP) is 1.56. The summed E-state index contributed by atoms with van der Waals surface area (Å²) in [6.07, 6.45) is 0. The first kappa shape index (κ1) is 16.5. The summed E-state index contributed by atoms with van der Waals surface area (Å²) in [6.45, 7) is -0.428. The lowest BCUT2D eigenvalue weighted by atomic mass is 10.1. The number of non-ortho nitro benzene ring substituents is 1. The van der Waals surface area contributed by atoms with Crippen LogP contribution in [-0.4, -0.2) is 40.9 Å². The Morgan fingerprint density at radius 2 is 1.81 bits per heavy atom. The monoisotopic (exact) mass is 369 g/mol. The van der Waals surface area contributed by atoms with Gasteiger partial charge in [-0.15, -0.1) is 0 Å². The molecule has 10 nitrogen and oxygen atoms in total. The largest absolute Gasteiger partial charge is 0.454 e. The molecule has 0 unspecified atom stereocenters. The Morgan fingerprint density at radius 1 is 1.07 bits per heavy atom. The number of fused-ring (bicyclic) bond motifs is 2. The van der Waals surface area contributed by atoms with Crippen LogP contribution >= 0.6 is 0 Å². The fraction of sp³-hybridized carbons (Fsp3) is 0.118. The summed E-state index contributed by atoms with van der Waals surface area (Å²) in [6, 6.07) is 8.16. The van der Waals surface area contributed by atoms with E-state index in [9.17, 15) is 24.5 Å². The van der Waals surface area contributed by atoms with Crippen molar-refractivity contribution in [2.75, 3.05) is 18.7 Å². The number of carbonyl (C=O) groups is 3. The van der Waals surface area contributed by atoms with Gasteiger partial charge in [-0.25, -0.2) is 0 Å². The molecule has 2 aliphatic rings. The van der Waals surface area contributed by atoms with Crippen molar-refractivity contribution >= 4 is 29.1 Å². The molecular formula is C17H11N3O7. The Morgan fingerprint density at radius 3 is 2.59 bits per heavy atom. The standard InChI is InChI=1S/C17H11N3O7/c21-15(18-9-1-4-13-14(5-9)27-8-26-13)7-19-16(22)11-3-2-10(20(24)25)6-12(11)17(19)23/h1-6H,7-8H2,(H,18,21). The number of nitro benzene ring substituents is 1. The molecule has 0 aromatic heterocycles. The first-order valence-electron chi connectivity index (χ1n) is 7.78. The second-order valence-corrected chi connectivity index (χ2v) is 5.80. The highest BCUT2D eigenvalue weighted by Gasteiger charge is 2.37. The minimum atomic E-state index is -0.750. The van der Waals surface area contributed by atoms with Gasteiger partial charge in [-0.2, -0.15) is 0 Å². The quantitative estimate of drug-likeness (QED) is 0.492. The molecule has 0 bridgehead atoms. The van der Waals surface area contributed by atoms with Crippen molar-refractivity contribution in [3.05, 3.63) is 57.6 Å². The third kappa shape index (κ3) is 2.82. The maximum atomic E-state index is 12.4. The smallest absolute Gasteiger partial charge is 0.270 e. The molecule has 10 heteroatoms. The van der Waals surface area contributed by atoms with Crippen LogP contribution in [0, 0.1) is 10.1 Å².